The smallest absolute Gasteiger partial charge is 0.340 e. The number of esters is 1. The number of rotatable bonds is 6. The molecule has 2 aromatic carbocycles. The van der Waals surface area contributed by atoms with E-state index in [-0.39, 0.29) is 16.7 Å². The van der Waals surface area contributed by atoms with Crippen LogP contribution in [0.1, 0.15) is 21.5 Å². The van der Waals surface area contributed by atoms with E-state index in [1.807, 2.05) is 36.4 Å². The van der Waals surface area contributed by atoms with Crippen LogP contribution in [-0.2, 0) is 17.7 Å². The molecular formula is C23H20N2O4. The summed E-state index contributed by atoms with van der Waals surface area (Å²) in [6, 6.07) is 18.5. The van der Waals surface area contributed by atoms with Crippen molar-refractivity contribution >= 4 is 5.97 Å². The van der Waals surface area contributed by atoms with Gasteiger partial charge >= 0.3 is 5.97 Å². The molecule has 0 bridgehead atoms. The van der Waals surface area contributed by atoms with E-state index in [1.165, 1.54) is 17.9 Å². The Hall–Kier alpha value is -3.85. The van der Waals surface area contributed by atoms with E-state index >= 15 is 0 Å². The normalized spacial score (nSPS) is 10.2. The minimum Gasteiger partial charge on any atom is -0.497 e. The summed E-state index contributed by atoms with van der Waals surface area (Å²) in [5.74, 6) is 0.0175. The average molecular weight is 388 g/mol. The molecule has 0 saturated carbocycles. The van der Waals surface area contributed by atoms with Gasteiger partial charge in [-0.3, -0.25) is 4.79 Å². The van der Waals surface area contributed by atoms with Crippen LogP contribution in [0, 0.1) is 11.3 Å². The highest BCUT2D eigenvalue weighted by atomic mass is 16.5. The Labute approximate surface area is 168 Å². The molecule has 0 aliphatic heterocycles. The molecule has 3 rings (SSSR count). The number of hydrogen-bond donors (Lipinski definition) is 0. The number of carbonyl (C=O) groups excluding carboxylic acids is 1. The monoisotopic (exact) mass is 388 g/mol. The zero-order valence-corrected chi connectivity index (χ0v) is 16.2. The SMILES string of the molecule is COC(=O)c1cn(CCc2ccccc2)c(=O)c(C#N)c1-c1ccc(OC)cc1. The van der Waals surface area contributed by atoms with Crippen molar-refractivity contribution in [1.29, 1.82) is 5.26 Å². The van der Waals surface area contributed by atoms with Gasteiger partial charge in [-0.15, -0.1) is 0 Å². The van der Waals surface area contributed by atoms with E-state index in [4.69, 9.17) is 9.47 Å². The van der Waals surface area contributed by atoms with Gasteiger partial charge in [-0.25, -0.2) is 4.79 Å². The molecule has 0 aliphatic carbocycles. The molecule has 0 fully saturated rings. The van der Waals surface area contributed by atoms with E-state index in [2.05, 4.69) is 0 Å². The molecule has 0 spiro atoms. The van der Waals surface area contributed by atoms with Gasteiger partial charge in [-0.1, -0.05) is 42.5 Å². The summed E-state index contributed by atoms with van der Waals surface area (Å²) in [6.45, 7) is 0.338. The second kappa shape index (κ2) is 8.89. The number of aryl methyl sites for hydroxylation is 2. The zero-order chi connectivity index (χ0) is 20.8. The highest BCUT2D eigenvalue weighted by Crippen LogP contribution is 2.28. The Kier molecular flexibility index (Phi) is 6.10. The van der Waals surface area contributed by atoms with Crippen molar-refractivity contribution in [3.63, 3.8) is 0 Å². The molecule has 146 valence electrons. The Balaban J connectivity index is 2.12. The number of nitriles is 1. The maximum absolute atomic E-state index is 13.0. The van der Waals surface area contributed by atoms with Crippen LogP contribution in [0.3, 0.4) is 0 Å². The molecule has 0 atom stereocenters. The average Bonchev–Trinajstić information content (AvgIpc) is 2.78. The molecule has 29 heavy (non-hydrogen) atoms. The first-order valence-corrected chi connectivity index (χ1v) is 9.03. The minimum atomic E-state index is -0.610. The first-order chi connectivity index (χ1) is 14.1. The third kappa shape index (κ3) is 4.19. The van der Waals surface area contributed by atoms with E-state index in [1.54, 1.807) is 31.4 Å². The van der Waals surface area contributed by atoms with E-state index in [0.29, 0.717) is 24.3 Å². The van der Waals surface area contributed by atoms with E-state index in [9.17, 15) is 14.9 Å². The van der Waals surface area contributed by atoms with Crippen molar-refractivity contribution in [2.24, 2.45) is 0 Å². The Bertz CT molecular complexity index is 1110. The lowest BCUT2D eigenvalue weighted by molar-refractivity contribution is 0.0600. The lowest BCUT2D eigenvalue weighted by Crippen LogP contribution is -2.26. The van der Waals surface area contributed by atoms with Crippen molar-refractivity contribution in [3.8, 4) is 22.9 Å². The van der Waals surface area contributed by atoms with Crippen LogP contribution in [0.25, 0.3) is 11.1 Å². The van der Waals surface area contributed by atoms with Crippen LogP contribution in [0.2, 0.25) is 0 Å². The van der Waals surface area contributed by atoms with Gasteiger partial charge in [0.15, 0.2) is 0 Å². The maximum Gasteiger partial charge on any atom is 0.340 e. The van der Waals surface area contributed by atoms with Crippen LogP contribution in [0.15, 0.2) is 65.6 Å². The number of nitrogens with zero attached hydrogens (tertiary/aromatic N) is 2. The molecule has 0 radical (unpaired) electrons. The van der Waals surface area contributed by atoms with Gasteiger partial charge < -0.3 is 14.0 Å². The highest BCUT2D eigenvalue weighted by Gasteiger charge is 2.22. The number of hydrogen-bond acceptors (Lipinski definition) is 5. The lowest BCUT2D eigenvalue weighted by Gasteiger charge is -2.14. The Morgan fingerprint density at radius 1 is 1.07 bits per heavy atom. The minimum absolute atomic E-state index is 0.0915. The third-order valence-corrected chi connectivity index (χ3v) is 4.66. The van der Waals surface area contributed by atoms with Crippen LogP contribution in [0.4, 0.5) is 0 Å². The molecule has 1 heterocycles. The lowest BCUT2D eigenvalue weighted by atomic mass is 9.96. The summed E-state index contributed by atoms with van der Waals surface area (Å²) in [4.78, 5) is 25.4. The van der Waals surface area contributed by atoms with Gasteiger partial charge in [0.2, 0.25) is 0 Å². The van der Waals surface area contributed by atoms with Gasteiger partial charge in [-0.05, 0) is 29.7 Å². The van der Waals surface area contributed by atoms with Crippen LogP contribution in [-0.4, -0.2) is 24.8 Å². The fraction of sp³-hybridized carbons (Fsp3) is 0.174. The van der Waals surface area contributed by atoms with Gasteiger partial charge in [0.1, 0.15) is 17.4 Å². The molecule has 0 N–H and O–H groups in total. The van der Waals surface area contributed by atoms with Crippen molar-refractivity contribution in [2.75, 3.05) is 14.2 Å². The third-order valence-electron chi connectivity index (χ3n) is 4.66. The van der Waals surface area contributed by atoms with Crippen LogP contribution >= 0.6 is 0 Å². The molecule has 0 saturated heterocycles. The molecule has 1 aromatic heterocycles. The largest absolute Gasteiger partial charge is 0.497 e. The van der Waals surface area contributed by atoms with Crippen molar-refractivity contribution in [3.05, 3.63) is 87.8 Å². The first kappa shape index (κ1) is 19.9. The first-order valence-electron chi connectivity index (χ1n) is 9.03. The molecule has 0 amide bonds. The van der Waals surface area contributed by atoms with Gasteiger partial charge in [0, 0.05) is 18.3 Å². The Morgan fingerprint density at radius 3 is 2.34 bits per heavy atom. The summed E-state index contributed by atoms with van der Waals surface area (Å²) in [5, 5.41) is 9.71. The number of carbonyl (C=O) groups is 1. The fourth-order valence-electron chi connectivity index (χ4n) is 3.15. The predicted octanol–water partition coefficient (Wildman–Crippen LogP) is 3.42. The standard InChI is InChI=1S/C23H20N2O4/c1-28-18-10-8-17(9-11-18)21-19(14-24)22(26)25(15-20(21)23(27)29-2)13-12-16-6-4-3-5-7-16/h3-11,15H,12-13H2,1-2H3. The second-order valence-electron chi connectivity index (χ2n) is 6.36. The maximum atomic E-state index is 13.0. The number of pyridine rings is 1. The number of benzene rings is 2. The number of methoxy groups -OCH3 is 2. The molecule has 0 aliphatic rings. The van der Waals surface area contributed by atoms with Gasteiger partial charge in [-0.2, -0.15) is 5.26 Å². The predicted molar refractivity (Wildman–Crippen MR) is 109 cm³/mol. The molecule has 3 aromatic rings. The molecule has 6 heteroatoms. The van der Waals surface area contributed by atoms with Gasteiger partial charge in [0.05, 0.1) is 19.8 Å². The van der Waals surface area contributed by atoms with Crippen molar-refractivity contribution in [2.45, 2.75) is 13.0 Å². The quantitative estimate of drug-likeness (QED) is 0.605. The van der Waals surface area contributed by atoms with Gasteiger partial charge in [0.25, 0.3) is 5.56 Å². The Morgan fingerprint density at radius 2 is 1.76 bits per heavy atom. The van der Waals surface area contributed by atoms with E-state index in [0.717, 1.165) is 5.56 Å². The summed E-state index contributed by atoms with van der Waals surface area (Å²) in [7, 11) is 2.81. The van der Waals surface area contributed by atoms with Crippen molar-refractivity contribution < 1.29 is 14.3 Å². The summed E-state index contributed by atoms with van der Waals surface area (Å²) >= 11 is 0. The second-order valence-corrected chi connectivity index (χ2v) is 6.36. The van der Waals surface area contributed by atoms with Crippen LogP contribution in [0.5, 0.6) is 5.75 Å². The topological polar surface area (TPSA) is 81.3 Å². The summed E-state index contributed by atoms with van der Waals surface area (Å²) in [5.41, 5.74) is 1.52. The summed E-state index contributed by atoms with van der Waals surface area (Å²) < 4.78 is 11.5. The molecular weight excluding hydrogens is 368 g/mol. The summed E-state index contributed by atoms with van der Waals surface area (Å²) in [6.07, 6.45) is 2.06. The molecule has 6 nitrogen and oxygen atoms in total. The zero-order valence-electron chi connectivity index (χ0n) is 16.2. The number of aromatic nitrogens is 1. The van der Waals surface area contributed by atoms with E-state index < -0.39 is 11.5 Å². The molecule has 0 unspecified atom stereocenters. The van der Waals surface area contributed by atoms with Crippen LogP contribution < -0.4 is 10.3 Å². The fourth-order valence-corrected chi connectivity index (χ4v) is 3.15. The highest BCUT2D eigenvalue weighted by molar-refractivity contribution is 5.98. The number of ether oxygens (including phenoxy) is 2. The van der Waals surface area contributed by atoms with Crippen molar-refractivity contribution in [1.82, 2.24) is 4.57 Å².